The van der Waals surface area contributed by atoms with E-state index in [0.717, 1.165) is 60.2 Å². The van der Waals surface area contributed by atoms with Crippen molar-refractivity contribution in [2.45, 2.75) is 0 Å². The van der Waals surface area contributed by atoms with Crippen molar-refractivity contribution >= 4 is 68.1 Å². The number of para-hydroxylation sites is 4. The molecule has 0 aliphatic heterocycles. The van der Waals surface area contributed by atoms with Crippen molar-refractivity contribution in [3.63, 3.8) is 0 Å². The highest BCUT2D eigenvalue weighted by Crippen LogP contribution is 2.41. The molecule has 152 valence electrons. The molecule has 7 rings (SSSR count). The van der Waals surface area contributed by atoms with E-state index in [1.54, 1.807) is 0 Å². The Hall–Kier alpha value is -3.81. The molecule has 0 radical (unpaired) electrons. The van der Waals surface area contributed by atoms with Crippen LogP contribution in [0.5, 0.6) is 0 Å². The second-order valence-electron chi connectivity index (χ2n) is 7.83. The number of benzene rings is 4. The average molecular weight is 432 g/mol. The van der Waals surface area contributed by atoms with Gasteiger partial charge < -0.3 is 13.3 Å². The summed E-state index contributed by atoms with van der Waals surface area (Å²) in [5, 5.41) is 5.49. The van der Waals surface area contributed by atoms with Crippen molar-refractivity contribution in [2.24, 2.45) is 0 Å². The Morgan fingerprint density at radius 3 is 1.69 bits per heavy atom. The highest BCUT2D eigenvalue weighted by atomic mass is 31.1. The monoisotopic (exact) mass is 432 g/mol. The van der Waals surface area contributed by atoms with Crippen LogP contribution in [-0.4, -0.2) is 0 Å². The Morgan fingerprint density at radius 2 is 1.03 bits per heavy atom. The zero-order valence-electron chi connectivity index (χ0n) is 17.0. The quantitative estimate of drug-likeness (QED) is 0.287. The van der Waals surface area contributed by atoms with Gasteiger partial charge in [-0.1, -0.05) is 66.7 Å². The Labute approximate surface area is 184 Å². The van der Waals surface area contributed by atoms with Crippen molar-refractivity contribution in [2.75, 3.05) is 0 Å². The van der Waals surface area contributed by atoms with Gasteiger partial charge in [0, 0.05) is 26.8 Å². The minimum Gasteiger partial charge on any atom is -0.456 e. The third-order valence-electron chi connectivity index (χ3n) is 5.89. The lowest BCUT2D eigenvalue weighted by atomic mass is 10.1. The van der Waals surface area contributed by atoms with E-state index >= 15 is 0 Å². The number of furan rings is 3. The van der Waals surface area contributed by atoms with Crippen molar-refractivity contribution < 1.29 is 13.3 Å². The van der Waals surface area contributed by atoms with Gasteiger partial charge in [0.2, 0.25) is 0 Å². The molecule has 4 heteroatoms. The molecule has 3 heterocycles. The summed E-state index contributed by atoms with van der Waals surface area (Å²) < 4.78 is 19.2. The zero-order chi connectivity index (χ0) is 21.1. The summed E-state index contributed by atoms with van der Waals surface area (Å²) in [5.74, 6) is 0. The predicted octanol–water partition coefficient (Wildman–Crippen LogP) is 6.84. The first-order valence-corrected chi connectivity index (χ1v) is 11.9. The highest BCUT2D eigenvalue weighted by molar-refractivity contribution is 7.79. The number of hydrogen-bond donors (Lipinski definition) is 0. The average Bonchev–Trinajstić information content (AvgIpc) is 3.54. The summed E-state index contributed by atoms with van der Waals surface area (Å²) in [6.07, 6.45) is 0. The molecule has 0 N–H and O–H groups in total. The lowest BCUT2D eigenvalue weighted by Gasteiger charge is -2.13. The summed E-state index contributed by atoms with van der Waals surface area (Å²) >= 11 is 0. The largest absolute Gasteiger partial charge is 0.456 e. The third kappa shape index (κ3) is 2.65. The third-order valence-corrected chi connectivity index (χ3v) is 8.05. The molecule has 0 fully saturated rings. The van der Waals surface area contributed by atoms with Gasteiger partial charge in [-0.05, 0) is 36.4 Å². The SMILES string of the molecule is c1ccc2oc(P(c3cc4ccccc4o3)c3cccc4c3oc3ccccc34)cc2c1. The molecule has 0 aliphatic rings. The molecule has 3 aromatic heterocycles. The van der Waals surface area contributed by atoms with Gasteiger partial charge in [-0.25, -0.2) is 0 Å². The van der Waals surface area contributed by atoms with E-state index in [0.29, 0.717) is 0 Å². The fraction of sp³-hybridized carbons (Fsp3) is 0. The van der Waals surface area contributed by atoms with Gasteiger partial charge in [0.05, 0.1) is 7.92 Å². The van der Waals surface area contributed by atoms with Crippen LogP contribution in [-0.2, 0) is 0 Å². The fourth-order valence-electron chi connectivity index (χ4n) is 4.41. The molecular weight excluding hydrogens is 415 g/mol. The maximum Gasteiger partial charge on any atom is 0.143 e. The molecule has 0 atom stereocenters. The first-order chi connectivity index (χ1) is 15.8. The summed E-state index contributed by atoms with van der Waals surface area (Å²) in [6, 6.07) is 35.0. The van der Waals surface area contributed by atoms with Gasteiger partial charge in [0.1, 0.15) is 33.3 Å². The molecular formula is C28H17O3P. The smallest absolute Gasteiger partial charge is 0.143 e. The van der Waals surface area contributed by atoms with Gasteiger partial charge in [-0.2, -0.15) is 0 Å². The number of fused-ring (bicyclic) bond motifs is 5. The second-order valence-corrected chi connectivity index (χ2v) is 9.87. The van der Waals surface area contributed by atoms with Gasteiger partial charge in [-0.15, -0.1) is 0 Å². The minimum atomic E-state index is -1.10. The van der Waals surface area contributed by atoms with E-state index in [4.69, 9.17) is 13.3 Å². The van der Waals surface area contributed by atoms with Gasteiger partial charge in [-0.3, -0.25) is 0 Å². The Morgan fingerprint density at radius 1 is 0.469 bits per heavy atom. The number of rotatable bonds is 3. The van der Waals surface area contributed by atoms with E-state index in [2.05, 4.69) is 48.5 Å². The van der Waals surface area contributed by atoms with E-state index in [-0.39, 0.29) is 0 Å². The maximum absolute atomic E-state index is 6.39. The summed E-state index contributed by atoms with van der Waals surface area (Å²) in [7, 11) is -1.10. The molecule has 3 nitrogen and oxygen atoms in total. The minimum absolute atomic E-state index is 0.878. The van der Waals surface area contributed by atoms with Crippen LogP contribution in [0.15, 0.2) is 116 Å². The lowest BCUT2D eigenvalue weighted by Crippen LogP contribution is -2.19. The van der Waals surface area contributed by atoms with Crippen molar-refractivity contribution in [3.8, 4) is 0 Å². The van der Waals surface area contributed by atoms with Gasteiger partial charge >= 0.3 is 0 Å². The molecule has 0 saturated carbocycles. The van der Waals surface area contributed by atoms with E-state index in [9.17, 15) is 0 Å². The molecule has 0 amide bonds. The van der Waals surface area contributed by atoms with Crippen molar-refractivity contribution in [1.82, 2.24) is 0 Å². The number of hydrogen-bond acceptors (Lipinski definition) is 3. The topological polar surface area (TPSA) is 39.4 Å². The van der Waals surface area contributed by atoms with Gasteiger partial charge in [0.25, 0.3) is 0 Å². The molecule has 0 bridgehead atoms. The Bertz CT molecular complexity index is 1610. The summed E-state index contributed by atoms with van der Waals surface area (Å²) in [5.41, 5.74) is 5.33. The zero-order valence-corrected chi connectivity index (χ0v) is 17.9. The summed E-state index contributed by atoms with van der Waals surface area (Å²) in [6.45, 7) is 0. The second kappa shape index (κ2) is 6.85. The van der Waals surface area contributed by atoms with Crippen molar-refractivity contribution in [1.29, 1.82) is 0 Å². The van der Waals surface area contributed by atoms with Crippen LogP contribution in [0.2, 0.25) is 0 Å². The van der Waals surface area contributed by atoms with Gasteiger partial charge in [0.15, 0.2) is 0 Å². The van der Waals surface area contributed by atoms with Crippen LogP contribution in [0, 0.1) is 0 Å². The lowest BCUT2D eigenvalue weighted by molar-refractivity contribution is 0.644. The van der Waals surface area contributed by atoms with Crippen LogP contribution >= 0.6 is 7.92 Å². The maximum atomic E-state index is 6.39. The first-order valence-electron chi connectivity index (χ1n) is 10.5. The Kier molecular flexibility index (Phi) is 3.81. The highest BCUT2D eigenvalue weighted by Gasteiger charge is 2.28. The molecule has 4 aromatic carbocycles. The van der Waals surface area contributed by atoms with Crippen LogP contribution in [0.4, 0.5) is 0 Å². The van der Waals surface area contributed by atoms with Crippen molar-refractivity contribution in [3.05, 3.63) is 103 Å². The standard InChI is InChI=1S/C28H17O3P/c1-4-12-22-18(8-1)16-26(29-22)32(27-17-19-9-2-5-13-23(19)30-27)25-15-7-11-21-20-10-3-6-14-24(20)31-28(21)25/h1-17H. The van der Waals surface area contributed by atoms with E-state index in [1.807, 2.05) is 54.6 Å². The van der Waals surface area contributed by atoms with Crippen LogP contribution in [0.3, 0.4) is 0 Å². The first kappa shape index (κ1) is 17.8. The molecule has 0 unspecified atom stereocenters. The summed E-state index contributed by atoms with van der Waals surface area (Å²) in [4.78, 5) is 0. The Balaban J connectivity index is 1.54. The molecule has 0 spiro atoms. The van der Waals surface area contributed by atoms with Crippen LogP contribution < -0.4 is 16.3 Å². The van der Waals surface area contributed by atoms with Crippen LogP contribution in [0.25, 0.3) is 43.9 Å². The fourth-order valence-corrected chi connectivity index (χ4v) is 6.62. The normalized spacial score (nSPS) is 12.0. The predicted molar refractivity (Wildman–Crippen MR) is 132 cm³/mol. The molecule has 0 aliphatic carbocycles. The molecule has 7 aromatic rings. The molecule has 32 heavy (non-hydrogen) atoms. The molecule has 0 saturated heterocycles. The van der Waals surface area contributed by atoms with Crippen LogP contribution in [0.1, 0.15) is 0 Å². The van der Waals surface area contributed by atoms with E-state index in [1.165, 1.54) is 0 Å². The van der Waals surface area contributed by atoms with E-state index < -0.39 is 7.92 Å².